The predicted molar refractivity (Wildman–Crippen MR) is 69.1 cm³/mol. The van der Waals surface area contributed by atoms with Crippen molar-refractivity contribution in [2.24, 2.45) is 4.99 Å². The van der Waals surface area contributed by atoms with Crippen LogP contribution in [0, 0.1) is 0 Å². The van der Waals surface area contributed by atoms with E-state index in [1.54, 1.807) is 14.2 Å². The fourth-order valence-corrected chi connectivity index (χ4v) is 1.37. The molecular weight excluding hydrogens is 216 g/mol. The van der Waals surface area contributed by atoms with Crippen molar-refractivity contribution in [2.75, 3.05) is 45.8 Å². The summed E-state index contributed by atoms with van der Waals surface area (Å²) in [6.07, 6.45) is 0. The summed E-state index contributed by atoms with van der Waals surface area (Å²) in [7, 11) is 3.37. The summed E-state index contributed by atoms with van der Waals surface area (Å²) in [6, 6.07) is 9.96. The average molecular weight is 236 g/mol. The lowest BCUT2D eigenvalue weighted by atomic mass is 10.4. The van der Waals surface area contributed by atoms with Gasteiger partial charge in [-0.2, -0.15) is 0 Å². The third-order valence-electron chi connectivity index (χ3n) is 2.21. The summed E-state index contributed by atoms with van der Waals surface area (Å²) in [5, 5.41) is 4.25. The molecule has 0 aromatic heterocycles. The Kier molecular flexibility index (Phi) is 7.02. The van der Waals surface area contributed by atoms with Gasteiger partial charge >= 0.3 is 0 Å². The lowest BCUT2D eigenvalue weighted by molar-refractivity contribution is 0.207. The van der Waals surface area contributed by atoms with Crippen molar-refractivity contribution < 1.29 is 9.47 Å². The molecule has 0 saturated heterocycles. The number of ether oxygens (including phenoxy) is 2. The second-order valence-electron chi connectivity index (χ2n) is 3.50. The molecule has 94 valence electrons. The van der Waals surface area contributed by atoms with Gasteiger partial charge < -0.3 is 14.8 Å². The lowest BCUT2D eigenvalue weighted by Gasteiger charge is -2.04. The van der Waals surface area contributed by atoms with Crippen LogP contribution < -0.4 is 10.7 Å². The van der Waals surface area contributed by atoms with Gasteiger partial charge in [0.2, 0.25) is 0 Å². The number of nitrogens with zero attached hydrogens (tertiary/aromatic N) is 1. The SMILES string of the molecule is COCCN=c1cccccc1NCCOC. The van der Waals surface area contributed by atoms with Gasteiger partial charge in [0.15, 0.2) is 0 Å². The molecule has 0 spiro atoms. The third-order valence-corrected chi connectivity index (χ3v) is 2.21. The van der Waals surface area contributed by atoms with E-state index in [0.717, 1.165) is 17.6 Å². The van der Waals surface area contributed by atoms with Gasteiger partial charge in [-0.05, 0) is 12.1 Å². The van der Waals surface area contributed by atoms with Crippen LogP contribution in [0.5, 0.6) is 0 Å². The molecule has 0 unspecified atom stereocenters. The van der Waals surface area contributed by atoms with Crippen LogP contribution >= 0.6 is 0 Å². The zero-order valence-corrected chi connectivity index (χ0v) is 10.5. The fraction of sp³-hybridized carbons (Fsp3) is 0.462. The topological polar surface area (TPSA) is 42.8 Å². The van der Waals surface area contributed by atoms with Gasteiger partial charge in [0.05, 0.1) is 30.8 Å². The quantitative estimate of drug-likeness (QED) is 0.725. The molecule has 17 heavy (non-hydrogen) atoms. The standard InChI is InChI=1S/C13H20N2O2/c1-16-10-8-14-12-6-4-3-5-7-13(12)15-9-11-17-2/h3-7H,8-11H2,1-2H3,(H,14,15). The largest absolute Gasteiger partial charge is 0.383 e. The van der Waals surface area contributed by atoms with Crippen molar-refractivity contribution >= 4 is 5.69 Å². The van der Waals surface area contributed by atoms with Gasteiger partial charge in [0, 0.05) is 20.8 Å². The van der Waals surface area contributed by atoms with Gasteiger partial charge in [0.1, 0.15) is 0 Å². The first-order chi connectivity index (χ1) is 8.38. The number of nitrogens with one attached hydrogen (secondary N) is 1. The summed E-state index contributed by atoms with van der Waals surface area (Å²) < 4.78 is 10.0. The first-order valence-corrected chi connectivity index (χ1v) is 5.70. The summed E-state index contributed by atoms with van der Waals surface area (Å²) in [4.78, 5) is 4.49. The van der Waals surface area contributed by atoms with E-state index < -0.39 is 0 Å². The molecule has 1 aromatic carbocycles. The predicted octanol–water partition coefficient (Wildman–Crippen LogP) is 1.29. The van der Waals surface area contributed by atoms with Gasteiger partial charge in [-0.25, -0.2) is 0 Å². The first kappa shape index (κ1) is 13.7. The molecule has 0 saturated carbocycles. The van der Waals surface area contributed by atoms with E-state index in [1.165, 1.54) is 0 Å². The molecule has 4 nitrogen and oxygen atoms in total. The molecule has 1 aromatic rings. The van der Waals surface area contributed by atoms with Crippen LogP contribution in [0.25, 0.3) is 0 Å². The minimum absolute atomic E-state index is 0.635. The molecule has 0 heterocycles. The van der Waals surface area contributed by atoms with E-state index in [1.807, 2.05) is 30.3 Å². The summed E-state index contributed by atoms with van der Waals surface area (Å²) in [5.74, 6) is 0. The molecule has 0 aliphatic heterocycles. The fourth-order valence-electron chi connectivity index (χ4n) is 1.37. The summed E-state index contributed by atoms with van der Waals surface area (Å²) in [5.41, 5.74) is 1.02. The maximum Gasteiger partial charge on any atom is 0.0806 e. The maximum atomic E-state index is 5.01. The van der Waals surface area contributed by atoms with Gasteiger partial charge in [0.25, 0.3) is 0 Å². The zero-order valence-electron chi connectivity index (χ0n) is 10.5. The van der Waals surface area contributed by atoms with Crippen molar-refractivity contribution in [3.8, 4) is 0 Å². The average Bonchev–Trinajstić information content (AvgIpc) is 2.56. The highest BCUT2D eigenvalue weighted by Crippen LogP contribution is 1.96. The third kappa shape index (κ3) is 5.47. The molecule has 1 N–H and O–H groups in total. The molecule has 0 aliphatic carbocycles. The Labute approximate surface area is 102 Å². The van der Waals surface area contributed by atoms with E-state index >= 15 is 0 Å². The van der Waals surface area contributed by atoms with E-state index in [0.29, 0.717) is 19.8 Å². The minimum Gasteiger partial charge on any atom is -0.383 e. The number of rotatable bonds is 7. The Morgan fingerprint density at radius 2 is 1.82 bits per heavy atom. The molecule has 1 rings (SSSR count). The maximum absolute atomic E-state index is 5.01. The molecule has 0 radical (unpaired) electrons. The lowest BCUT2D eigenvalue weighted by Crippen LogP contribution is -2.15. The van der Waals surface area contributed by atoms with Crippen LogP contribution in [0.3, 0.4) is 0 Å². The van der Waals surface area contributed by atoms with Crippen molar-refractivity contribution in [2.45, 2.75) is 0 Å². The number of anilines is 1. The summed E-state index contributed by atoms with van der Waals surface area (Å²) >= 11 is 0. The van der Waals surface area contributed by atoms with Crippen molar-refractivity contribution in [1.82, 2.24) is 0 Å². The van der Waals surface area contributed by atoms with Crippen LogP contribution in [-0.4, -0.2) is 40.5 Å². The Hall–Kier alpha value is -1.39. The highest BCUT2D eigenvalue weighted by Gasteiger charge is 1.93. The van der Waals surface area contributed by atoms with Crippen molar-refractivity contribution in [3.63, 3.8) is 0 Å². The summed E-state index contributed by atoms with van der Waals surface area (Å²) in [6.45, 7) is 2.75. The van der Waals surface area contributed by atoms with Crippen LogP contribution in [0.15, 0.2) is 35.3 Å². The Balaban J connectivity index is 2.79. The van der Waals surface area contributed by atoms with Gasteiger partial charge in [-0.3, -0.25) is 4.99 Å². The van der Waals surface area contributed by atoms with Gasteiger partial charge in [-0.1, -0.05) is 18.2 Å². The second kappa shape index (κ2) is 8.73. The molecule has 4 heteroatoms. The molecule has 0 bridgehead atoms. The molecule has 0 aliphatic rings. The zero-order chi connectivity index (χ0) is 12.3. The van der Waals surface area contributed by atoms with Crippen molar-refractivity contribution in [1.29, 1.82) is 0 Å². The van der Waals surface area contributed by atoms with E-state index in [2.05, 4.69) is 10.3 Å². The monoisotopic (exact) mass is 236 g/mol. The van der Waals surface area contributed by atoms with Crippen molar-refractivity contribution in [3.05, 3.63) is 35.7 Å². The van der Waals surface area contributed by atoms with Gasteiger partial charge in [-0.15, -0.1) is 0 Å². The minimum atomic E-state index is 0.635. The number of methoxy groups -OCH3 is 2. The van der Waals surface area contributed by atoms with Crippen LogP contribution in [0.1, 0.15) is 0 Å². The normalized spacial score (nSPS) is 11.5. The highest BCUT2D eigenvalue weighted by molar-refractivity contribution is 5.41. The van der Waals surface area contributed by atoms with E-state index in [-0.39, 0.29) is 0 Å². The molecular formula is C13H20N2O2. The molecule has 0 atom stereocenters. The van der Waals surface area contributed by atoms with Crippen LogP contribution in [-0.2, 0) is 9.47 Å². The smallest absolute Gasteiger partial charge is 0.0806 e. The Morgan fingerprint density at radius 1 is 1.06 bits per heavy atom. The van der Waals surface area contributed by atoms with E-state index in [4.69, 9.17) is 9.47 Å². The number of hydrogen-bond donors (Lipinski definition) is 1. The number of hydrogen-bond acceptors (Lipinski definition) is 4. The second-order valence-corrected chi connectivity index (χ2v) is 3.50. The molecule has 0 fully saturated rings. The highest BCUT2D eigenvalue weighted by atomic mass is 16.5. The Bertz CT molecular complexity index is 380. The molecule has 0 amide bonds. The first-order valence-electron chi connectivity index (χ1n) is 5.70. The van der Waals surface area contributed by atoms with Crippen LogP contribution in [0.2, 0.25) is 0 Å². The van der Waals surface area contributed by atoms with E-state index in [9.17, 15) is 0 Å². The Morgan fingerprint density at radius 3 is 2.59 bits per heavy atom. The van der Waals surface area contributed by atoms with Crippen LogP contribution in [0.4, 0.5) is 5.69 Å².